The first-order valence-corrected chi connectivity index (χ1v) is 10.2. The fourth-order valence-corrected chi connectivity index (χ4v) is 4.34. The number of anilines is 1. The molecule has 0 spiro atoms. The standard InChI is InChI=1S/C20H27ClN4O2.2ClH/c1-20(6-8-22-9-7-20)24-18(26)11-14-3-2-10-25(13-14)19-23-16-5-4-15(21)12-17(16)27-19;;/h4-5,12,14,22H,2-3,6-11,13H2,1H3,(H,24,26);2*1H. The Balaban J connectivity index is 0.00000150. The van der Waals surface area contributed by atoms with Crippen LogP contribution in [0.4, 0.5) is 6.01 Å². The summed E-state index contributed by atoms with van der Waals surface area (Å²) in [7, 11) is 0. The largest absolute Gasteiger partial charge is 0.423 e. The number of amides is 1. The van der Waals surface area contributed by atoms with Crippen molar-refractivity contribution in [1.82, 2.24) is 15.6 Å². The zero-order valence-corrected chi connectivity index (χ0v) is 19.0. The number of halogens is 3. The molecule has 2 saturated heterocycles. The molecule has 0 aliphatic carbocycles. The van der Waals surface area contributed by atoms with Crippen LogP contribution < -0.4 is 15.5 Å². The second kappa shape index (κ2) is 10.2. The summed E-state index contributed by atoms with van der Waals surface area (Å²) in [6.45, 7) is 5.79. The van der Waals surface area contributed by atoms with Crippen molar-refractivity contribution in [3.05, 3.63) is 23.2 Å². The number of rotatable bonds is 4. The molecule has 2 aliphatic heterocycles. The lowest BCUT2D eigenvalue weighted by atomic mass is 9.89. The number of nitrogens with one attached hydrogen (secondary N) is 2. The van der Waals surface area contributed by atoms with Gasteiger partial charge in [0, 0.05) is 36.1 Å². The lowest BCUT2D eigenvalue weighted by Gasteiger charge is -2.36. The maximum Gasteiger partial charge on any atom is 0.298 e. The van der Waals surface area contributed by atoms with Crippen LogP contribution >= 0.6 is 36.4 Å². The molecule has 6 nitrogen and oxygen atoms in total. The minimum Gasteiger partial charge on any atom is -0.423 e. The van der Waals surface area contributed by atoms with Crippen LogP contribution in [0.3, 0.4) is 0 Å². The highest BCUT2D eigenvalue weighted by molar-refractivity contribution is 6.31. The van der Waals surface area contributed by atoms with Gasteiger partial charge in [0.1, 0.15) is 5.52 Å². The van der Waals surface area contributed by atoms with Crippen molar-refractivity contribution < 1.29 is 9.21 Å². The number of oxazole rings is 1. The monoisotopic (exact) mass is 462 g/mol. The van der Waals surface area contributed by atoms with Crippen LogP contribution in [0, 0.1) is 5.92 Å². The maximum absolute atomic E-state index is 12.6. The summed E-state index contributed by atoms with van der Waals surface area (Å²) in [6, 6.07) is 6.12. The van der Waals surface area contributed by atoms with E-state index in [4.69, 9.17) is 16.0 Å². The molecule has 0 bridgehead atoms. The summed E-state index contributed by atoms with van der Waals surface area (Å²) >= 11 is 6.04. The highest BCUT2D eigenvalue weighted by atomic mass is 35.5. The Bertz CT molecular complexity index is 823. The van der Waals surface area contributed by atoms with Crippen LogP contribution in [-0.2, 0) is 4.79 Å². The number of benzene rings is 1. The molecule has 2 aliphatic rings. The van der Waals surface area contributed by atoms with Crippen molar-refractivity contribution in [3.8, 4) is 0 Å². The van der Waals surface area contributed by atoms with Gasteiger partial charge >= 0.3 is 0 Å². The first-order chi connectivity index (χ1) is 13.0. The molecule has 2 fully saturated rings. The number of hydrogen-bond acceptors (Lipinski definition) is 5. The Hall–Kier alpha value is -1.21. The Morgan fingerprint density at radius 1 is 1.38 bits per heavy atom. The molecule has 1 amide bonds. The molecule has 162 valence electrons. The van der Waals surface area contributed by atoms with Crippen molar-refractivity contribution in [1.29, 1.82) is 0 Å². The third-order valence-corrected chi connectivity index (χ3v) is 5.99. The zero-order valence-electron chi connectivity index (χ0n) is 16.6. The maximum atomic E-state index is 12.6. The molecule has 0 saturated carbocycles. The van der Waals surface area contributed by atoms with Crippen molar-refractivity contribution in [2.24, 2.45) is 5.92 Å². The third-order valence-electron chi connectivity index (χ3n) is 5.75. The van der Waals surface area contributed by atoms with Crippen LogP contribution in [0.2, 0.25) is 5.02 Å². The van der Waals surface area contributed by atoms with E-state index in [1.807, 2.05) is 12.1 Å². The van der Waals surface area contributed by atoms with Gasteiger partial charge in [-0.2, -0.15) is 4.98 Å². The topological polar surface area (TPSA) is 70.4 Å². The second-order valence-corrected chi connectivity index (χ2v) is 8.56. The van der Waals surface area contributed by atoms with Gasteiger partial charge in [-0.05, 0) is 63.7 Å². The summed E-state index contributed by atoms with van der Waals surface area (Å²) < 4.78 is 5.90. The second-order valence-electron chi connectivity index (χ2n) is 8.13. The van der Waals surface area contributed by atoms with E-state index in [-0.39, 0.29) is 36.3 Å². The van der Waals surface area contributed by atoms with E-state index in [0.717, 1.165) is 57.4 Å². The Morgan fingerprint density at radius 2 is 2.14 bits per heavy atom. The van der Waals surface area contributed by atoms with E-state index in [2.05, 4.69) is 27.4 Å². The van der Waals surface area contributed by atoms with E-state index in [0.29, 0.717) is 29.0 Å². The Labute approximate surface area is 188 Å². The van der Waals surface area contributed by atoms with Gasteiger partial charge in [-0.1, -0.05) is 11.6 Å². The predicted octanol–water partition coefficient (Wildman–Crippen LogP) is 4.19. The number of carbonyl (C=O) groups excluding carboxylic acids is 1. The summed E-state index contributed by atoms with van der Waals surface area (Å²) in [4.78, 5) is 19.3. The number of hydrogen-bond donors (Lipinski definition) is 2. The molecule has 1 aromatic carbocycles. The van der Waals surface area contributed by atoms with Crippen LogP contribution in [0.5, 0.6) is 0 Å². The number of fused-ring (bicyclic) bond motifs is 1. The highest BCUT2D eigenvalue weighted by Crippen LogP contribution is 2.29. The summed E-state index contributed by atoms with van der Waals surface area (Å²) in [6.07, 6.45) is 4.64. The molecule has 1 aromatic heterocycles. The Kier molecular flexibility index (Phi) is 8.47. The van der Waals surface area contributed by atoms with Gasteiger partial charge in [-0.25, -0.2) is 0 Å². The van der Waals surface area contributed by atoms with Gasteiger partial charge in [0.25, 0.3) is 6.01 Å². The van der Waals surface area contributed by atoms with E-state index in [9.17, 15) is 4.79 Å². The van der Waals surface area contributed by atoms with Crippen molar-refractivity contribution in [2.45, 2.75) is 44.6 Å². The first kappa shape index (κ1) is 24.1. The molecule has 1 atom stereocenters. The van der Waals surface area contributed by atoms with Gasteiger partial charge in [-0.3, -0.25) is 4.79 Å². The molecule has 1 unspecified atom stereocenters. The lowest BCUT2D eigenvalue weighted by Crippen LogP contribution is -2.53. The molecule has 4 rings (SSSR count). The predicted molar refractivity (Wildman–Crippen MR) is 122 cm³/mol. The fourth-order valence-electron chi connectivity index (χ4n) is 4.18. The van der Waals surface area contributed by atoms with Gasteiger partial charge in [-0.15, -0.1) is 24.8 Å². The van der Waals surface area contributed by atoms with Gasteiger partial charge < -0.3 is 20.0 Å². The average molecular weight is 464 g/mol. The van der Waals surface area contributed by atoms with E-state index in [1.165, 1.54) is 0 Å². The van der Waals surface area contributed by atoms with Crippen LogP contribution in [-0.4, -0.2) is 42.6 Å². The molecule has 2 aromatic rings. The third kappa shape index (κ3) is 5.91. The highest BCUT2D eigenvalue weighted by Gasteiger charge is 2.30. The van der Waals surface area contributed by atoms with Crippen molar-refractivity contribution in [3.63, 3.8) is 0 Å². The lowest BCUT2D eigenvalue weighted by molar-refractivity contribution is -0.124. The van der Waals surface area contributed by atoms with Crippen LogP contribution in [0.1, 0.15) is 39.0 Å². The number of nitrogens with zero attached hydrogens (tertiary/aromatic N) is 2. The van der Waals surface area contributed by atoms with Gasteiger partial charge in [0.2, 0.25) is 5.91 Å². The minimum atomic E-state index is -0.0732. The molecule has 3 heterocycles. The summed E-state index contributed by atoms with van der Waals surface area (Å²) in [5.74, 6) is 0.485. The molecular formula is C20H29Cl3N4O2. The first-order valence-electron chi connectivity index (χ1n) is 9.84. The van der Waals surface area contributed by atoms with E-state index >= 15 is 0 Å². The minimum absolute atomic E-state index is 0. The quantitative estimate of drug-likeness (QED) is 0.711. The summed E-state index contributed by atoms with van der Waals surface area (Å²) in [5.41, 5.74) is 1.44. The zero-order chi connectivity index (χ0) is 18.9. The van der Waals surface area contributed by atoms with Gasteiger partial charge in [0.15, 0.2) is 5.58 Å². The fraction of sp³-hybridized carbons (Fsp3) is 0.600. The van der Waals surface area contributed by atoms with E-state index < -0.39 is 0 Å². The molecule has 9 heteroatoms. The number of piperidine rings is 2. The smallest absolute Gasteiger partial charge is 0.298 e. The van der Waals surface area contributed by atoms with Crippen molar-refractivity contribution >= 4 is 59.4 Å². The normalized spacial score (nSPS) is 21.2. The molecule has 29 heavy (non-hydrogen) atoms. The number of carbonyl (C=O) groups is 1. The summed E-state index contributed by atoms with van der Waals surface area (Å²) in [5, 5.41) is 7.27. The average Bonchev–Trinajstić information content (AvgIpc) is 3.05. The van der Waals surface area contributed by atoms with E-state index in [1.54, 1.807) is 6.07 Å². The molecular weight excluding hydrogens is 435 g/mol. The number of aromatic nitrogens is 1. The SMILES string of the molecule is CC1(NC(=O)CC2CCCN(c3nc4ccc(Cl)cc4o3)C2)CCNCC1.Cl.Cl. The van der Waals surface area contributed by atoms with Crippen LogP contribution in [0.15, 0.2) is 22.6 Å². The van der Waals surface area contributed by atoms with Crippen molar-refractivity contribution in [2.75, 3.05) is 31.1 Å². The van der Waals surface area contributed by atoms with Gasteiger partial charge in [0.05, 0.1) is 0 Å². The van der Waals surface area contributed by atoms with Crippen LogP contribution in [0.25, 0.3) is 11.1 Å². The Morgan fingerprint density at radius 3 is 2.90 bits per heavy atom. The molecule has 0 radical (unpaired) electrons. The molecule has 2 N–H and O–H groups in total.